The van der Waals surface area contributed by atoms with Crippen molar-refractivity contribution in [2.24, 2.45) is 28.1 Å². The summed E-state index contributed by atoms with van der Waals surface area (Å²) in [6.07, 6.45) is 4.80. The fraction of sp³-hybridized carbons (Fsp3) is 0.564. The molecule has 0 saturated carbocycles. The number of imidazole rings is 1. The van der Waals surface area contributed by atoms with Crippen LogP contribution in [-0.4, -0.2) is 146 Å². The van der Waals surface area contributed by atoms with Gasteiger partial charge in [0, 0.05) is 44.4 Å². The molecule has 6 amide bonds. The molecule has 1 aromatic carbocycles. The molecule has 2 aliphatic rings. The lowest BCUT2D eigenvalue weighted by atomic mass is 10.0. The first-order valence-corrected chi connectivity index (χ1v) is 20.1. The molecule has 21 heteroatoms. The number of aliphatic hydroxyl groups excluding tert-OH is 1. The van der Waals surface area contributed by atoms with E-state index in [0.717, 1.165) is 5.56 Å². The predicted octanol–water partition coefficient (Wildman–Crippen LogP) is -2.77. The zero-order valence-corrected chi connectivity index (χ0v) is 33.9. The van der Waals surface area contributed by atoms with Crippen molar-refractivity contribution >= 4 is 47.4 Å². The third-order valence-electron chi connectivity index (χ3n) is 10.5. The molecule has 3 heterocycles. The Balaban J connectivity index is 1.48. The quantitative estimate of drug-likeness (QED) is 0.0346. The van der Waals surface area contributed by atoms with E-state index < -0.39 is 96.2 Å². The largest absolute Gasteiger partial charge is 0.480 e. The Labute approximate surface area is 347 Å². The number of likely N-dealkylation sites (tertiary alicyclic amines) is 2. The molecule has 0 radical (unpaired) electrons. The molecule has 21 nitrogen and oxygen atoms in total. The molecular formula is C39H58N12O9. The van der Waals surface area contributed by atoms with Crippen molar-refractivity contribution in [3.05, 3.63) is 54.1 Å². The number of rotatable bonds is 21. The number of benzene rings is 1. The summed E-state index contributed by atoms with van der Waals surface area (Å²) in [5, 5.41) is 30.3. The van der Waals surface area contributed by atoms with E-state index in [1.807, 2.05) is 6.07 Å². The lowest BCUT2D eigenvalue weighted by Gasteiger charge is -2.33. The minimum Gasteiger partial charge on any atom is -0.480 e. The van der Waals surface area contributed by atoms with Gasteiger partial charge in [-0.2, -0.15) is 0 Å². The number of guanidine groups is 1. The predicted molar refractivity (Wildman–Crippen MR) is 217 cm³/mol. The number of hydrogen-bond acceptors (Lipinski definition) is 11. The average Bonchev–Trinajstić information content (AvgIpc) is 4.02. The van der Waals surface area contributed by atoms with Gasteiger partial charge in [0.25, 0.3) is 0 Å². The Morgan fingerprint density at radius 2 is 1.48 bits per heavy atom. The van der Waals surface area contributed by atoms with E-state index >= 15 is 0 Å². The number of H-pyrrole nitrogens is 1. The molecule has 2 aromatic rings. The first-order valence-electron chi connectivity index (χ1n) is 20.1. The third kappa shape index (κ3) is 13.0. The molecule has 7 atom stereocenters. The molecule has 60 heavy (non-hydrogen) atoms. The number of carboxylic acid groups (broad SMARTS) is 1. The van der Waals surface area contributed by atoms with E-state index in [1.54, 1.807) is 38.1 Å². The topological polar surface area (TPSA) is 334 Å². The number of nitrogens with zero attached hydrogens (tertiary/aromatic N) is 4. The molecule has 4 rings (SSSR count). The Morgan fingerprint density at radius 3 is 2.08 bits per heavy atom. The monoisotopic (exact) mass is 838 g/mol. The maximum Gasteiger partial charge on any atom is 0.326 e. The third-order valence-corrected chi connectivity index (χ3v) is 10.5. The summed E-state index contributed by atoms with van der Waals surface area (Å²) in [6.45, 7) is 3.09. The van der Waals surface area contributed by atoms with Crippen molar-refractivity contribution in [1.82, 2.24) is 41.0 Å². The molecular weight excluding hydrogens is 781 g/mol. The van der Waals surface area contributed by atoms with E-state index in [4.69, 9.17) is 17.2 Å². The van der Waals surface area contributed by atoms with Crippen LogP contribution in [0.3, 0.4) is 0 Å². The number of nitrogens with one attached hydrogen (secondary N) is 5. The van der Waals surface area contributed by atoms with Crippen LogP contribution in [-0.2, 0) is 46.4 Å². The second-order valence-electron chi connectivity index (χ2n) is 15.3. The van der Waals surface area contributed by atoms with Crippen molar-refractivity contribution in [2.75, 3.05) is 26.2 Å². The first-order chi connectivity index (χ1) is 28.6. The molecule has 13 N–H and O–H groups in total. The summed E-state index contributed by atoms with van der Waals surface area (Å²) < 4.78 is 0. The molecule has 0 bridgehead atoms. The van der Waals surface area contributed by atoms with Crippen LogP contribution in [0.4, 0.5) is 0 Å². The smallest absolute Gasteiger partial charge is 0.326 e. The number of carboxylic acids is 1. The summed E-state index contributed by atoms with van der Waals surface area (Å²) in [4.78, 5) is 107. The zero-order valence-electron chi connectivity index (χ0n) is 33.9. The lowest BCUT2D eigenvalue weighted by Crippen LogP contribution is -2.61. The molecule has 328 valence electrons. The molecule has 2 fully saturated rings. The number of amides is 6. The molecule has 0 unspecified atom stereocenters. The molecule has 1 aromatic heterocycles. The van der Waals surface area contributed by atoms with Crippen LogP contribution in [0.1, 0.15) is 63.6 Å². The molecule has 2 aliphatic heterocycles. The fourth-order valence-electron chi connectivity index (χ4n) is 7.30. The van der Waals surface area contributed by atoms with Gasteiger partial charge in [-0.1, -0.05) is 44.2 Å². The number of carbonyl (C=O) groups excluding carboxylic acids is 6. The van der Waals surface area contributed by atoms with Gasteiger partial charge in [-0.25, -0.2) is 9.78 Å². The minimum atomic E-state index is -1.48. The van der Waals surface area contributed by atoms with Crippen molar-refractivity contribution < 1.29 is 43.8 Å². The standard InChI is InChI=1S/C39H58N12O9/c1-22(2)31(49-33(54)26(11-6-14-44-39(41)42)46-34(55)28(20-52)48-32(53)25(40)18-24-19-43-21-45-24)37(58)50-15-7-12-29(50)35(56)47-27(17-23-9-4-3-5-10-23)36(57)51-16-8-13-30(51)38(59)60/h3-5,9-10,19,21-22,25-31,52H,6-8,11-18,20,40H2,1-2H3,(H,43,45)(H,46,55)(H,47,56)(H,48,53)(H,49,54)(H,59,60)(H4,41,42,44)/t25-,26-,27-,28-,29-,30-,31-/m0/s1. The highest BCUT2D eigenvalue weighted by Gasteiger charge is 2.42. The van der Waals surface area contributed by atoms with Crippen molar-refractivity contribution in [1.29, 1.82) is 0 Å². The second-order valence-corrected chi connectivity index (χ2v) is 15.3. The summed E-state index contributed by atoms with van der Waals surface area (Å²) >= 11 is 0. The Bertz CT molecular complexity index is 1820. The number of aliphatic carboxylic acids is 1. The van der Waals surface area contributed by atoms with Crippen LogP contribution < -0.4 is 38.5 Å². The SMILES string of the molecule is CC(C)[C@H](NC(=O)[C@H](CCCN=C(N)N)NC(=O)[C@H](CO)NC(=O)[C@@H](N)Cc1cnc[nH]1)C(=O)N1CCC[C@H]1C(=O)N[C@@H](Cc1ccccc1)C(=O)N1CCC[C@H]1C(=O)O. The highest BCUT2D eigenvalue weighted by atomic mass is 16.4. The highest BCUT2D eigenvalue weighted by molar-refractivity contribution is 5.97. The van der Waals surface area contributed by atoms with Gasteiger partial charge < -0.3 is 63.5 Å². The maximum atomic E-state index is 14.3. The van der Waals surface area contributed by atoms with E-state index in [1.165, 1.54) is 22.3 Å². The van der Waals surface area contributed by atoms with Gasteiger partial charge in [0.15, 0.2) is 5.96 Å². The minimum absolute atomic E-state index is 0.00980. The van der Waals surface area contributed by atoms with Crippen molar-refractivity contribution in [2.45, 2.75) is 108 Å². The van der Waals surface area contributed by atoms with E-state index in [2.05, 4.69) is 36.2 Å². The van der Waals surface area contributed by atoms with Crippen LogP contribution in [0.25, 0.3) is 0 Å². The van der Waals surface area contributed by atoms with Crippen molar-refractivity contribution in [3.8, 4) is 0 Å². The number of aromatic amines is 1. The van der Waals surface area contributed by atoms with Crippen LogP contribution in [0.5, 0.6) is 0 Å². The van der Waals surface area contributed by atoms with E-state index in [-0.39, 0.29) is 57.7 Å². The highest BCUT2D eigenvalue weighted by Crippen LogP contribution is 2.23. The molecule has 0 aliphatic carbocycles. The maximum absolute atomic E-state index is 14.3. The van der Waals surface area contributed by atoms with E-state index in [9.17, 15) is 43.8 Å². The number of hydrogen-bond donors (Lipinski definition) is 10. The Morgan fingerprint density at radius 1 is 0.850 bits per heavy atom. The van der Waals surface area contributed by atoms with Gasteiger partial charge in [0.05, 0.1) is 19.0 Å². The summed E-state index contributed by atoms with van der Waals surface area (Å²) in [5.41, 5.74) is 18.2. The molecule has 2 saturated heterocycles. The fourth-order valence-corrected chi connectivity index (χ4v) is 7.30. The van der Waals surface area contributed by atoms with Gasteiger partial charge >= 0.3 is 5.97 Å². The van der Waals surface area contributed by atoms with Crippen LogP contribution in [0, 0.1) is 5.92 Å². The summed E-state index contributed by atoms with van der Waals surface area (Å²) in [7, 11) is 0. The Kier molecular flexibility index (Phi) is 17.3. The summed E-state index contributed by atoms with van der Waals surface area (Å²) in [6, 6.07) is 0.819. The zero-order chi connectivity index (χ0) is 43.9. The number of nitrogens with two attached hydrogens (primary N) is 3. The number of aliphatic imine (C=N–C) groups is 1. The number of aliphatic hydroxyl groups is 1. The van der Waals surface area contributed by atoms with Gasteiger partial charge in [-0.05, 0) is 50.0 Å². The summed E-state index contributed by atoms with van der Waals surface area (Å²) in [5.74, 6) is -5.89. The van der Waals surface area contributed by atoms with Gasteiger partial charge in [-0.3, -0.25) is 33.8 Å². The van der Waals surface area contributed by atoms with Crippen LogP contribution in [0.2, 0.25) is 0 Å². The van der Waals surface area contributed by atoms with Gasteiger partial charge in [0.2, 0.25) is 35.4 Å². The number of aromatic nitrogens is 2. The van der Waals surface area contributed by atoms with Gasteiger partial charge in [0.1, 0.15) is 36.3 Å². The number of carbonyl (C=O) groups is 7. The van der Waals surface area contributed by atoms with Gasteiger partial charge in [-0.15, -0.1) is 0 Å². The normalized spacial score (nSPS) is 18.8. The van der Waals surface area contributed by atoms with Crippen molar-refractivity contribution in [3.63, 3.8) is 0 Å². The average molecular weight is 839 g/mol. The van der Waals surface area contributed by atoms with Crippen LogP contribution >= 0.6 is 0 Å². The van der Waals surface area contributed by atoms with Crippen LogP contribution in [0.15, 0.2) is 47.8 Å². The first kappa shape index (κ1) is 46.6. The lowest BCUT2D eigenvalue weighted by molar-refractivity contribution is -0.150. The Hall–Kier alpha value is -6.09. The van der Waals surface area contributed by atoms with E-state index in [0.29, 0.717) is 25.0 Å². The second kappa shape index (κ2) is 22.3. The molecule has 0 spiro atoms.